The van der Waals surface area contributed by atoms with Crippen molar-refractivity contribution in [2.75, 3.05) is 5.32 Å². The maximum Gasteiger partial charge on any atom is 0.270 e. The molecule has 0 aliphatic rings. The predicted molar refractivity (Wildman–Crippen MR) is 111 cm³/mol. The number of halogens is 1. The fourth-order valence-corrected chi connectivity index (χ4v) is 3.53. The molecule has 0 spiro atoms. The van der Waals surface area contributed by atoms with E-state index >= 15 is 0 Å². The van der Waals surface area contributed by atoms with E-state index in [9.17, 15) is 9.59 Å². The lowest BCUT2D eigenvalue weighted by Crippen LogP contribution is -2.19. The third-order valence-electron chi connectivity index (χ3n) is 4.37. The van der Waals surface area contributed by atoms with Crippen molar-refractivity contribution < 1.29 is 4.79 Å². The van der Waals surface area contributed by atoms with Gasteiger partial charge in [-0.05, 0) is 41.1 Å². The minimum Gasteiger partial charge on any atom is -0.326 e. The first-order valence-electron chi connectivity index (χ1n) is 8.56. The number of aromatic nitrogens is 2. The highest BCUT2D eigenvalue weighted by atomic mass is 79.9. The molecule has 1 amide bonds. The van der Waals surface area contributed by atoms with Crippen molar-refractivity contribution in [1.29, 1.82) is 0 Å². The number of nitrogens with zero attached hydrogens (tertiary/aromatic N) is 1. The number of nitrogens with one attached hydrogen (secondary N) is 2. The zero-order valence-electron chi connectivity index (χ0n) is 14.3. The second-order valence-corrected chi connectivity index (χ2v) is 7.11. The number of aryl methyl sites for hydroxylation is 1. The molecule has 0 saturated heterocycles. The normalized spacial score (nSPS) is 11.0. The molecular formula is C21H16BrN3O2. The molecule has 1 heterocycles. The lowest BCUT2D eigenvalue weighted by Gasteiger charge is -2.07. The molecule has 6 heteroatoms. The first-order chi connectivity index (χ1) is 13.1. The van der Waals surface area contributed by atoms with E-state index < -0.39 is 0 Å². The molecule has 1 aromatic heterocycles. The van der Waals surface area contributed by atoms with Crippen LogP contribution in [0.25, 0.3) is 21.8 Å². The van der Waals surface area contributed by atoms with Crippen LogP contribution in [0.1, 0.15) is 12.1 Å². The summed E-state index contributed by atoms with van der Waals surface area (Å²) in [6, 6.07) is 19.0. The molecule has 27 heavy (non-hydrogen) atoms. The van der Waals surface area contributed by atoms with E-state index in [1.165, 1.54) is 0 Å². The van der Waals surface area contributed by atoms with Crippen LogP contribution in [0.4, 0.5) is 5.69 Å². The van der Waals surface area contributed by atoms with E-state index in [4.69, 9.17) is 0 Å². The zero-order valence-corrected chi connectivity index (χ0v) is 15.9. The summed E-state index contributed by atoms with van der Waals surface area (Å²) >= 11 is 3.52. The maximum absolute atomic E-state index is 12.3. The molecule has 0 aliphatic heterocycles. The van der Waals surface area contributed by atoms with Gasteiger partial charge in [0.2, 0.25) is 5.91 Å². The van der Waals surface area contributed by atoms with Crippen LogP contribution in [-0.2, 0) is 11.2 Å². The molecule has 0 saturated carbocycles. The van der Waals surface area contributed by atoms with Gasteiger partial charge in [-0.25, -0.2) is 4.98 Å². The summed E-state index contributed by atoms with van der Waals surface area (Å²) in [5.41, 5.74) is 2.25. The summed E-state index contributed by atoms with van der Waals surface area (Å²) in [5, 5.41) is 5.01. The molecule has 3 aromatic carbocycles. The van der Waals surface area contributed by atoms with Gasteiger partial charge in [0.1, 0.15) is 5.69 Å². The molecule has 0 radical (unpaired) electrons. The van der Waals surface area contributed by atoms with Gasteiger partial charge in [0.25, 0.3) is 5.56 Å². The first-order valence-corrected chi connectivity index (χ1v) is 9.35. The minimum atomic E-state index is -0.253. The van der Waals surface area contributed by atoms with Crippen molar-refractivity contribution in [3.05, 3.63) is 81.2 Å². The Bertz CT molecular complexity index is 1220. The van der Waals surface area contributed by atoms with Gasteiger partial charge in [-0.2, -0.15) is 0 Å². The second-order valence-electron chi connectivity index (χ2n) is 6.25. The number of amides is 1. The largest absolute Gasteiger partial charge is 0.326 e. The predicted octanol–water partition coefficient (Wildman–Crippen LogP) is 4.41. The van der Waals surface area contributed by atoms with Crippen molar-refractivity contribution >= 4 is 49.3 Å². The summed E-state index contributed by atoms with van der Waals surface area (Å²) in [6.45, 7) is 0. The van der Waals surface area contributed by atoms with Gasteiger partial charge in [0.05, 0.1) is 11.0 Å². The summed E-state index contributed by atoms with van der Waals surface area (Å²) in [5.74, 6) is -0.154. The number of para-hydroxylation sites is 2. The lowest BCUT2D eigenvalue weighted by atomic mass is 10.1. The number of carbonyl (C=O) groups excluding carboxylic acids is 1. The van der Waals surface area contributed by atoms with Gasteiger partial charge in [0.15, 0.2) is 0 Å². The van der Waals surface area contributed by atoms with Crippen LogP contribution in [0.15, 0.2) is 69.9 Å². The number of hydrogen-bond acceptors (Lipinski definition) is 3. The Kier molecular flexibility index (Phi) is 4.73. The van der Waals surface area contributed by atoms with Gasteiger partial charge in [-0.1, -0.05) is 46.3 Å². The number of rotatable bonds is 4. The van der Waals surface area contributed by atoms with E-state index in [0.717, 1.165) is 20.9 Å². The first kappa shape index (κ1) is 17.4. The topological polar surface area (TPSA) is 74.8 Å². The van der Waals surface area contributed by atoms with E-state index in [1.807, 2.05) is 54.6 Å². The van der Waals surface area contributed by atoms with Crippen LogP contribution < -0.4 is 10.9 Å². The third-order valence-corrected chi connectivity index (χ3v) is 5.06. The highest BCUT2D eigenvalue weighted by Crippen LogP contribution is 2.26. The Morgan fingerprint density at radius 2 is 1.93 bits per heavy atom. The number of anilines is 1. The van der Waals surface area contributed by atoms with Gasteiger partial charge in [0, 0.05) is 23.0 Å². The van der Waals surface area contributed by atoms with Crippen molar-refractivity contribution in [2.24, 2.45) is 0 Å². The number of aromatic amines is 1. The summed E-state index contributed by atoms with van der Waals surface area (Å²) in [4.78, 5) is 31.6. The number of H-pyrrole nitrogens is 1. The molecule has 2 N–H and O–H groups in total. The Balaban J connectivity index is 1.47. The summed E-state index contributed by atoms with van der Waals surface area (Å²) in [7, 11) is 0. The average Bonchev–Trinajstić information content (AvgIpc) is 2.66. The summed E-state index contributed by atoms with van der Waals surface area (Å²) in [6.07, 6.45) is 0.468. The molecule has 0 fully saturated rings. The highest BCUT2D eigenvalue weighted by Gasteiger charge is 2.09. The van der Waals surface area contributed by atoms with E-state index in [0.29, 0.717) is 16.7 Å². The van der Waals surface area contributed by atoms with Crippen molar-refractivity contribution in [3.8, 4) is 0 Å². The van der Waals surface area contributed by atoms with Crippen molar-refractivity contribution in [3.63, 3.8) is 0 Å². The Morgan fingerprint density at radius 1 is 1.07 bits per heavy atom. The van der Waals surface area contributed by atoms with Crippen molar-refractivity contribution in [1.82, 2.24) is 9.97 Å². The van der Waals surface area contributed by atoms with Gasteiger partial charge >= 0.3 is 0 Å². The Labute approximate surface area is 163 Å². The van der Waals surface area contributed by atoms with Crippen LogP contribution in [0.3, 0.4) is 0 Å². The van der Waals surface area contributed by atoms with Crippen LogP contribution in [0, 0.1) is 0 Å². The number of carbonyl (C=O) groups is 1. The van der Waals surface area contributed by atoms with Crippen LogP contribution in [0.5, 0.6) is 0 Å². The van der Waals surface area contributed by atoms with Crippen molar-refractivity contribution in [2.45, 2.75) is 12.8 Å². The number of fused-ring (bicyclic) bond motifs is 2. The monoisotopic (exact) mass is 421 g/mol. The van der Waals surface area contributed by atoms with Crippen LogP contribution >= 0.6 is 15.9 Å². The highest BCUT2D eigenvalue weighted by molar-refractivity contribution is 9.10. The number of hydrogen-bond donors (Lipinski definition) is 2. The van der Waals surface area contributed by atoms with Gasteiger partial charge in [-0.3, -0.25) is 9.59 Å². The Hall–Kier alpha value is -2.99. The molecule has 5 nitrogen and oxygen atoms in total. The van der Waals surface area contributed by atoms with E-state index in [-0.39, 0.29) is 24.3 Å². The van der Waals surface area contributed by atoms with Gasteiger partial charge in [-0.15, -0.1) is 0 Å². The molecule has 4 aromatic rings. The third kappa shape index (κ3) is 3.75. The SMILES string of the molecule is O=C(CCc1nc2ccccc2[nH]c1=O)Nc1ccc2c(Br)cccc2c1. The minimum absolute atomic E-state index is 0.154. The fraction of sp³-hybridized carbons (Fsp3) is 0.0952. The molecule has 0 aliphatic carbocycles. The molecule has 0 unspecified atom stereocenters. The van der Waals surface area contributed by atoms with Gasteiger partial charge < -0.3 is 10.3 Å². The zero-order chi connectivity index (χ0) is 18.8. The second kappa shape index (κ2) is 7.32. The maximum atomic E-state index is 12.3. The lowest BCUT2D eigenvalue weighted by molar-refractivity contribution is -0.116. The van der Waals surface area contributed by atoms with E-state index in [1.54, 1.807) is 6.07 Å². The fourth-order valence-electron chi connectivity index (χ4n) is 3.01. The molecule has 134 valence electrons. The van der Waals surface area contributed by atoms with E-state index in [2.05, 4.69) is 31.2 Å². The summed E-state index contributed by atoms with van der Waals surface area (Å²) < 4.78 is 1.01. The smallest absolute Gasteiger partial charge is 0.270 e. The average molecular weight is 422 g/mol. The number of benzene rings is 3. The van der Waals surface area contributed by atoms with Crippen LogP contribution in [0.2, 0.25) is 0 Å². The molecule has 0 bridgehead atoms. The quantitative estimate of drug-likeness (QED) is 0.512. The van der Waals surface area contributed by atoms with Crippen LogP contribution in [-0.4, -0.2) is 15.9 Å². The Morgan fingerprint density at radius 3 is 2.81 bits per heavy atom. The molecular weight excluding hydrogens is 406 g/mol. The molecule has 0 atom stereocenters. The molecule has 4 rings (SSSR count). The standard InChI is InChI=1S/C21H16BrN3O2/c22-16-5-3-4-13-12-14(8-9-15(13)16)23-20(26)11-10-19-21(27)25-18-7-2-1-6-17(18)24-19/h1-9,12H,10-11H2,(H,23,26)(H,25,27).